The van der Waals surface area contributed by atoms with Crippen LogP contribution in [0.4, 0.5) is 11.4 Å². The standard InChI is InChI=1S/C40H36N6O6S/c47-40(43-53(50,51)33-12-6-11-31(24-33)46(48)49)35-16-15-30(25-37(35)52-32-23-29-17-18-41-39(29)42-26-32)44-19-21-45(22-20-44)36-14-5-10-28-9-4-13-34(38(28)36)27-7-2-1-3-8-27/h1-4,6-9,11-13,15-18,23-26,36H,5,10,14,19-22H2,(H,41,42)(H,43,47). The second-order valence-electron chi connectivity index (χ2n) is 13.2. The predicted molar refractivity (Wildman–Crippen MR) is 202 cm³/mol. The number of rotatable bonds is 9. The number of hydrogen-bond donors (Lipinski definition) is 2. The first-order chi connectivity index (χ1) is 25.7. The molecule has 1 atom stereocenters. The van der Waals surface area contributed by atoms with Crippen molar-refractivity contribution in [3.8, 4) is 22.6 Å². The highest BCUT2D eigenvalue weighted by molar-refractivity contribution is 7.90. The summed E-state index contributed by atoms with van der Waals surface area (Å²) in [6.07, 6.45) is 6.59. The Balaban J connectivity index is 1.06. The van der Waals surface area contributed by atoms with Crippen LogP contribution in [0.15, 0.2) is 120 Å². The smallest absolute Gasteiger partial charge is 0.270 e. The zero-order chi connectivity index (χ0) is 36.5. The van der Waals surface area contributed by atoms with Crippen molar-refractivity contribution >= 4 is 38.3 Å². The van der Waals surface area contributed by atoms with Gasteiger partial charge in [0, 0.05) is 67.7 Å². The normalized spacial score (nSPS) is 16.2. The topological polar surface area (TPSA) is 151 Å². The quantitative estimate of drug-likeness (QED) is 0.116. The zero-order valence-corrected chi connectivity index (χ0v) is 29.5. The number of anilines is 1. The van der Waals surface area contributed by atoms with Gasteiger partial charge >= 0.3 is 0 Å². The Labute approximate surface area is 306 Å². The summed E-state index contributed by atoms with van der Waals surface area (Å²) in [6.45, 7) is 3.15. The first-order valence-corrected chi connectivity index (χ1v) is 18.9. The van der Waals surface area contributed by atoms with Crippen LogP contribution in [-0.4, -0.2) is 60.3 Å². The lowest BCUT2D eigenvalue weighted by atomic mass is 9.81. The minimum atomic E-state index is -4.46. The third kappa shape index (κ3) is 6.96. The molecule has 53 heavy (non-hydrogen) atoms. The second-order valence-corrected chi connectivity index (χ2v) is 14.9. The molecule has 0 bridgehead atoms. The molecule has 2 aliphatic rings. The van der Waals surface area contributed by atoms with E-state index in [9.17, 15) is 23.3 Å². The SMILES string of the molecule is O=C(NS(=O)(=O)c1cccc([N+](=O)[O-])c1)c1ccc(N2CCN(C3CCCc4cccc(-c5ccccc5)c43)CC2)cc1Oc1cnc2[nH]ccc2c1. The Bertz CT molecular complexity index is 2440. The van der Waals surface area contributed by atoms with Crippen molar-refractivity contribution in [3.63, 3.8) is 0 Å². The van der Waals surface area contributed by atoms with Crippen LogP contribution in [-0.2, 0) is 16.4 Å². The van der Waals surface area contributed by atoms with E-state index in [0.717, 1.165) is 62.6 Å². The van der Waals surface area contributed by atoms with Crippen molar-refractivity contribution in [2.75, 3.05) is 31.1 Å². The summed E-state index contributed by atoms with van der Waals surface area (Å²) in [6, 6.07) is 30.8. The lowest BCUT2D eigenvalue weighted by Gasteiger charge is -2.43. The summed E-state index contributed by atoms with van der Waals surface area (Å²) in [5.41, 5.74) is 6.43. The Kier molecular flexibility index (Phi) is 9.10. The number of nitrogens with one attached hydrogen (secondary N) is 2. The number of carbonyl (C=O) groups excluding carboxylic acids is 1. The number of sulfonamides is 1. The number of non-ortho nitro benzene ring substituents is 1. The van der Waals surface area contributed by atoms with Crippen molar-refractivity contribution in [1.82, 2.24) is 19.6 Å². The second kappa shape index (κ2) is 14.2. The van der Waals surface area contributed by atoms with Crippen LogP contribution in [0.25, 0.3) is 22.2 Å². The number of carbonyl (C=O) groups is 1. The van der Waals surface area contributed by atoms with Gasteiger partial charge in [-0.3, -0.25) is 19.8 Å². The van der Waals surface area contributed by atoms with Crippen LogP contribution in [0.1, 0.15) is 40.4 Å². The molecular formula is C40H36N6O6S. The molecule has 1 aliphatic carbocycles. The Morgan fingerprint density at radius 3 is 2.55 bits per heavy atom. The molecule has 1 fully saturated rings. The molecular weight excluding hydrogens is 693 g/mol. The fourth-order valence-electron chi connectivity index (χ4n) is 7.46. The fourth-order valence-corrected chi connectivity index (χ4v) is 8.47. The number of ether oxygens (including phenoxy) is 1. The van der Waals surface area contributed by atoms with Crippen molar-refractivity contribution in [2.45, 2.75) is 30.2 Å². The number of hydrogen-bond acceptors (Lipinski definition) is 9. The highest BCUT2D eigenvalue weighted by Gasteiger charge is 2.31. The van der Waals surface area contributed by atoms with Gasteiger partial charge in [0.15, 0.2) is 0 Å². The lowest BCUT2D eigenvalue weighted by molar-refractivity contribution is -0.385. The fraction of sp³-hybridized carbons (Fsp3) is 0.200. The number of nitro benzene ring substituents is 1. The largest absolute Gasteiger partial charge is 0.455 e. The molecule has 13 heteroatoms. The van der Waals surface area contributed by atoms with Crippen LogP contribution in [0.5, 0.6) is 11.5 Å². The van der Waals surface area contributed by atoms with E-state index in [1.165, 1.54) is 46.6 Å². The summed E-state index contributed by atoms with van der Waals surface area (Å²) >= 11 is 0. The molecule has 1 amide bonds. The number of aryl methyl sites for hydroxylation is 1. The lowest BCUT2D eigenvalue weighted by Crippen LogP contribution is -2.48. The average Bonchev–Trinajstić information content (AvgIpc) is 3.66. The summed E-state index contributed by atoms with van der Waals surface area (Å²) in [5, 5.41) is 12.1. The van der Waals surface area contributed by atoms with E-state index >= 15 is 0 Å². The minimum absolute atomic E-state index is 0.0252. The third-order valence-electron chi connectivity index (χ3n) is 10.0. The third-order valence-corrected chi connectivity index (χ3v) is 11.4. The number of nitrogens with zero attached hydrogens (tertiary/aromatic N) is 4. The van der Waals surface area contributed by atoms with Gasteiger partial charge in [-0.25, -0.2) is 18.1 Å². The number of aromatic amines is 1. The average molecular weight is 729 g/mol. The van der Waals surface area contributed by atoms with E-state index in [0.29, 0.717) is 17.4 Å². The molecule has 2 aromatic heterocycles. The van der Waals surface area contributed by atoms with Gasteiger partial charge in [-0.2, -0.15) is 0 Å². The molecule has 1 saturated heterocycles. The van der Waals surface area contributed by atoms with E-state index < -0.39 is 31.4 Å². The summed E-state index contributed by atoms with van der Waals surface area (Å²) in [5.74, 6) is -0.439. The van der Waals surface area contributed by atoms with Crippen LogP contribution >= 0.6 is 0 Å². The maximum Gasteiger partial charge on any atom is 0.270 e. The van der Waals surface area contributed by atoms with Crippen molar-refractivity contribution in [2.24, 2.45) is 0 Å². The van der Waals surface area contributed by atoms with Crippen LogP contribution in [0, 0.1) is 10.1 Å². The van der Waals surface area contributed by atoms with Crippen LogP contribution in [0.3, 0.4) is 0 Å². The Morgan fingerprint density at radius 1 is 0.925 bits per heavy atom. The number of fused-ring (bicyclic) bond motifs is 2. The number of H-pyrrole nitrogens is 1. The Hall–Kier alpha value is -6.05. The highest BCUT2D eigenvalue weighted by atomic mass is 32.2. The summed E-state index contributed by atoms with van der Waals surface area (Å²) < 4.78 is 34.7. The minimum Gasteiger partial charge on any atom is -0.455 e. The van der Waals surface area contributed by atoms with E-state index in [4.69, 9.17) is 4.74 Å². The van der Waals surface area contributed by atoms with Crippen LogP contribution in [0.2, 0.25) is 0 Å². The number of pyridine rings is 1. The van der Waals surface area contributed by atoms with Gasteiger partial charge in [-0.05, 0) is 71.8 Å². The van der Waals surface area contributed by atoms with E-state index in [1.54, 1.807) is 30.5 Å². The van der Waals surface area contributed by atoms with Gasteiger partial charge in [0.2, 0.25) is 0 Å². The van der Waals surface area contributed by atoms with Gasteiger partial charge in [0.1, 0.15) is 17.1 Å². The van der Waals surface area contributed by atoms with E-state index in [-0.39, 0.29) is 11.3 Å². The molecule has 8 rings (SSSR count). The highest BCUT2D eigenvalue weighted by Crippen LogP contribution is 2.41. The molecule has 0 spiro atoms. The molecule has 6 aromatic rings. The van der Waals surface area contributed by atoms with Gasteiger partial charge in [0.05, 0.1) is 21.6 Å². The molecule has 0 saturated carbocycles. The maximum atomic E-state index is 13.6. The number of piperazine rings is 1. The van der Waals surface area contributed by atoms with E-state index in [1.807, 2.05) is 12.1 Å². The van der Waals surface area contributed by atoms with Crippen molar-refractivity contribution in [1.29, 1.82) is 0 Å². The van der Waals surface area contributed by atoms with Gasteiger partial charge in [-0.1, -0.05) is 54.6 Å². The van der Waals surface area contributed by atoms with Crippen molar-refractivity contribution < 1.29 is 22.9 Å². The molecule has 12 nitrogen and oxygen atoms in total. The Morgan fingerprint density at radius 2 is 1.74 bits per heavy atom. The van der Waals surface area contributed by atoms with Gasteiger partial charge in [-0.15, -0.1) is 0 Å². The number of benzene rings is 4. The van der Waals surface area contributed by atoms with E-state index in [2.05, 4.69) is 67.0 Å². The molecule has 2 N–H and O–H groups in total. The monoisotopic (exact) mass is 728 g/mol. The molecule has 3 heterocycles. The summed E-state index contributed by atoms with van der Waals surface area (Å²) in [7, 11) is -4.46. The molecule has 4 aromatic carbocycles. The maximum absolute atomic E-state index is 13.6. The number of aromatic nitrogens is 2. The molecule has 268 valence electrons. The van der Waals surface area contributed by atoms with Gasteiger partial charge < -0.3 is 14.6 Å². The molecule has 1 unspecified atom stereocenters. The van der Waals surface area contributed by atoms with Crippen molar-refractivity contribution in [3.05, 3.63) is 142 Å². The van der Waals surface area contributed by atoms with Gasteiger partial charge in [0.25, 0.3) is 21.6 Å². The summed E-state index contributed by atoms with van der Waals surface area (Å²) in [4.78, 5) is 36.0. The first-order valence-electron chi connectivity index (χ1n) is 17.5. The number of nitro groups is 1. The van der Waals surface area contributed by atoms with Crippen LogP contribution < -0.4 is 14.4 Å². The predicted octanol–water partition coefficient (Wildman–Crippen LogP) is 7.25. The number of amides is 1. The molecule has 1 aliphatic heterocycles. The first kappa shape index (κ1) is 34.1. The molecule has 0 radical (unpaired) electrons. The zero-order valence-electron chi connectivity index (χ0n) is 28.6.